The molecule has 102 valence electrons. The van der Waals surface area contributed by atoms with E-state index in [1.807, 2.05) is 45.0 Å². The van der Waals surface area contributed by atoms with Crippen LogP contribution in [0.4, 0.5) is 5.69 Å². The molecule has 4 nitrogen and oxygen atoms in total. The lowest BCUT2D eigenvalue weighted by Gasteiger charge is -2.18. The van der Waals surface area contributed by atoms with Crippen LogP contribution in [0.1, 0.15) is 25.8 Å². The van der Waals surface area contributed by atoms with E-state index in [2.05, 4.69) is 5.32 Å². The van der Waals surface area contributed by atoms with Crippen molar-refractivity contribution in [2.24, 2.45) is 5.92 Å². The molecule has 4 heteroatoms. The Morgan fingerprint density at radius 1 is 1.32 bits per heavy atom. The van der Waals surface area contributed by atoms with E-state index in [1.165, 1.54) is 5.56 Å². The van der Waals surface area contributed by atoms with E-state index >= 15 is 0 Å². The standard InChI is InChI=1S/C15H20N2O2/c1-10(2)15(19)16-12-8-14(18)17(9-12)13-6-4-11(3)5-7-13/h4-7,10,12H,8-9H2,1-3H3,(H,16,19). The van der Waals surface area contributed by atoms with E-state index in [-0.39, 0.29) is 23.8 Å². The number of carbonyl (C=O) groups excluding carboxylic acids is 2. The topological polar surface area (TPSA) is 49.4 Å². The third kappa shape index (κ3) is 3.13. The summed E-state index contributed by atoms with van der Waals surface area (Å²) < 4.78 is 0. The maximum atomic E-state index is 12.0. The normalized spacial score (nSPS) is 19.1. The maximum absolute atomic E-state index is 12.0. The Labute approximate surface area is 113 Å². The minimum absolute atomic E-state index is 0.00329. The molecule has 1 aliphatic rings. The molecule has 19 heavy (non-hydrogen) atoms. The molecule has 1 saturated heterocycles. The summed E-state index contributed by atoms with van der Waals surface area (Å²) in [6.45, 7) is 6.27. The zero-order chi connectivity index (χ0) is 14.0. The van der Waals surface area contributed by atoms with Gasteiger partial charge >= 0.3 is 0 Å². The highest BCUT2D eigenvalue weighted by Crippen LogP contribution is 2.22. The molecule has 2 amide bonds. The number of anilines is 1. The van der Waals surface area contributed by atoms with Crippen molar-refractivity contribution in [2.75, 3.05) is 11.4 Å². The quantitative estimate of drug-likeness (QED) is 0.902. The molecular weight excluding hydrogens is 240 g/mol. The number of benzene rings is 1. The summed E-state index contributed by atoms with van der Waals surface area (Å²) >= 11 is 0. The van der Waals surface area contributed by atoms with Crippen molar-refractivity contribution < 1.29 is 9.59 Å². The SMILES string of the molecule is Cc1ccc(N2CC(NC(=O)C(C)C)CC2=O)cc1. The second-order valence-electron chi connectivity index (χ2n) is 5.40. The van der Waals surface area contributed by atoms with E-state index in [0.29, 0.717) is 13.0 Å². The molecule has 1 N–H and O–H groups in total. The average molecular weight is 260 g/mol. The van der Waals surface area contributed by atoms with Gasteiger partial charge in [-0.1, -0.05) is 31.5 Å². The van der Waals surface area contributed by atoms with Gasteiger partial charge in [-0.25, -0.2) is 0 Å². The third-order valence-corrected chi connectivity index (χ3v) is 3.34. The van der Waals surface area contributed by atoms with Crippen LogP contribution >= 0.6 is 0 Å². The fourth-order valence-electron chi connectivity index (χ4n) is 2.15. The maximum Gasteiger partial charge on any atom is 0.229 e. The van der Waals surface area contributed by atoms with Crippen molar-refractivity contribution in [3.05, 3.63) is 29.8 Å². The van der Waals surface area contributed by atoms with Crippen LogP contribution in [-0.4, -0.2) is 24.4 Å². The minimum Gasteiger partial charge on any atom is -0.351 e. The lowest BCUT2D eigenvalue weighted by atomic mass is 10.2. The van der Waals surface area contributed by atoms with Crippen LogP contribution in [0.5, 0.6) is 0 Å². The van der Waals surface area contributed by atoms with Gasteiger partial charge in [0.25, 0.3) is 0 Å². The first-order chi connectivity index (χ1) is 8.97. The number of hydrogen-bond acceptors (Lipinski definition) is 2. The fourth-order valence-corrected chi connectivity index (χ4v) is 2.15. The van der Waals surface area contributed by atoms with E-state index in [4.69, 9.17) is 0 Å². The predicted octanol–water partition coefficient (Wildman–Crippen LogP) is 1.87. The van der Waals surface area contributed by atoms with Gasteiger partial charge in [-0.05, 0) is 19.1 Å². The number of hydrogen-bond donors (Lipinski definition) is 1. The minimum atomic E-state index is -0.0799. The van der Waals surface area contributed by atoms with Crippen LogP contribution in [0.25, 0.3) is 0 Å². The summed E-state index contributed by atoms with van der Waals surface area (Å²) in [5, 5.41) is 2.92. The van der Waals surface area contributed by atoms with Crippen LogP contribution in [0.2, 0.25) is 0 Å². The number of nitrogens with one attached hydrogen (secondary N) is 1. The molecule has 0 bridgehead atoms. The number of amides is 2. The molecule has 2 rings (SSSR count). The number of rotatable bonds is 3. The number of nitrogens with zero attached hydrogens (tertiary/aromatic N) is 1. The zero-order valence-corrected chi connectivity index (χ0v) is 11.6. The Morgan fingerprint density at radius 3 is 2.53 bits per heavy atom. The van der Waals surface area contributed by atoms with Crippen molar-refractivity contribution in [3.8, 4) is 0 Å². The van der Waals surface area contributed by atoms with Gasteiger partial charge in [0.05, 0.1) is 6.04 Å². The number of carbonyl (C=O) groups is 2. The van der Waals surface area contributed by atoms with Gasteiger partial charge in [0.15, 0.2) is 0 Å². The first-order valence-corrected chi connectivity index (χ1v) is 6.65. The second-order valence-corrected chi connectivity index (χ2v) is 5.40. The van der Waals surface area contributed by atoms with Crippen LogP contribution in [0.3, 0.4) is 0 Å². The molecule has 0 aliphatic carbocycles. The summed E-state index contributed by atoms with van der Waals surface area (Å²) in [7, 11) is 0. The molecule has 1 aliphatic heterocycles. The molecule has 0 aromatic heterocycles. The van der Waals surface area contributed by atoms with Gasteiger partial charge in [-0.3, -0.25) is 9.59 Å². The Hall–Kier alpha value is -1.84. The summed E-state index contributed by atoms with van der Waals surface area (Å²) in [5.74, 6) is 0.0185. The largest absolute Gasteiger partial charge is 0.351 e. The molecule has 1 fully saturated rings. The summed E-state index contributed by atoms with van der Waals surface area (Å²) in [6, 6.07) is 7.79. The lowest BCUT2D eigenvalue weighted by Crippen LogP contribution is -2.39. The van der Waals surface area contributed by atoms with Gasteiger partial charge in [0.1, 0.15) is 0 Å². The molecule has 1 aromatic carbocycles. The molecule has 1 heterocycles. The lowest BCUT2D eigenvalue weighted by molar-refractivity contribution is -0.124. The van der Waals surface area contributed by atoms with Gasteiger partial charge in [-0.15, -0.1) is 0 Å². The predicted molar refractivity (Wildman–Crippen MR) is 74.9 cm³/mol. The Balaban J connectivity index is 2.03. The fraction of sp³-hybridized carbons (Fsp3) is 0.467. The molecule has 0 radical (unpaired) electrons. The van der Waals surface area contributed by atoms with Crippen molar-refractivity contribution in [1.29, 1.82) is 0 Å². The highest BCUT2D eigenvalue weighted by molar-refractivity contribution is 5.96. The number of aryl methyl sites for hydroxylation is 1. The van der Waals surface area contributed by atoms with E-state index in [9.17, 15) is 9.59 Å². The van der Waals surface area contributed by atoms with Crippen molar-refractivity contribution >= 4 is 17.5 Å². The van der Waals surface area contributed by atoms with Gasteiger partial charge in [0, 0.05) is 24.6 Å². The summed E-state index contributed by atoms with van der Waals surface area (Å²) in [6.07, 6.45) is 0.381. The molecule has 0 saturated carbocycles. The van der Waals surface area contributed by atoms with E-state index in [0.717, 1.165) is 5.69 Å². The van der Waals surface area contributed by atoms with Crippen molar-refractivity contribution in [1.82, 2.24) is 5.32 Å². The smallest absolute Gasteiger partial charge is 0.229 e. The van der Waals surface area contributed by atoms with Gasteiger partial charge in [0.2, 0.25) is 11.8 Å². The second kappa shape index (κ2) is 5.43. The molecule has 0 spiro atoms. The van der Waals surface area contributed by atoms with Crippen molar-refractivity contribution in [2.45, 2.75) is 33.2 Å². The Kier molecular flexibility index (Phi) is 3.88. The van der Waals surface area contributed by atoms with Crippen LogP contribution in [0.15, 0.2) is 24.3 Å². The highest BCUT2D eigenvalue weighted by Gasteiger charge is 2.31. The molecular formula is C15H20N2O2. The first kappa shape index (κ1) is 13.6. The Bertz CT molecular complexity index is 479. The van der Waals surface area contributed by atoms with Gasteiger partial charge in [-0.2, -0.15) is 0 Å². The third-order valence-electron chi connectivity index (χ3n) is 3.34. The monoisotopic (exact) mass is 260 g/mol. The van der Waals surface area contributed by atoms with E-state index < -0.39 is 0 Å². The van der Waals surface area contributed by atoms with Crippen molar-refractivity contribution in [3.63, 3.8) is 0 Å². The highest BCUT2D eigenvalue weighted by atomic mass is 16.2. The van der Waals surface area contributed by atoms with Crippen LogP contribution in [-0.2, 0) is 9.59 Å². The van der Waals surface area contributed by atoms with Crippen LogP contribution < -0.4 is 10.2 Å². The van der Waals surface area contributed by atoms with E-state index in [1.54, 1.807) is 4.90 Å². The Morgan fingerprint density at radius 2 is 1.95 bits per heavy atom. The van der Waals surface area contributed by atoms with Crippen LogP contribution in [0, 0.1) is 12.8 Å². The van der Waals surface area contributed by atoms with Gasteiger partial charge < -0.3 is 10.2 Å². The summed E-state index contributed by atoms with van der Waals surface area (Å²) in [4.78, 5) is 25.4. The average Bonchev–Trinajstić information content (AvgIpc) is 2.71. The summed E-state index contributed by atoms with van der Waals surface area (Å²) in [5.41, 5.74) is 2.07. The first-order valence-electron chi connectivity index (χ1n) is 6.65. The zero-order valence-electron chi connectivity index (χ0n) is 11.6. The molecule has 1 atom stereocenters. The molecule has 1 unspecified atom stereocenters. The molecule has 1 aromatic rings.